The molecule has 130 valence electrons. The molecule has 2 aromatic carbocycles. The SMILES string of the molecule is O=C(CCSc1cc(Cl)ccc1Cl)N1CCc2cc([N+](=O)[O-])ccc21. The normalized spacial score (nSPS) is 13.0. The van der Waals surface area contributed by atoms with Gasteiger partial charge < -0.3 is 4.90 Å². The summed E-state index contributed by atoms with van der Waals surface area (Å²) in [6.45, 7) is 0.553. The number of halogens is 2. The van der Waals surface area contributed by atoms with Gasteiger partial charge in [-0.05, 0) is 36.2 Å². The maximum atomic E-state index is 12.5. The summed E-state index contributed by atoms with van der Waals surface area (Å²) < 4.78 is 0. The molecule has 0 atom stereocenters. The van der Waals surface area contributed by atoms with Gasteiger partial charge in [0.05, 0.1) is 9.95 Å². The summed E-state index contributed by atoms with van der Waals surface area (Å²) >= 11 is 13.6. The van der Waals surface area contributed by atoms with Crippen molar-refractivity contribution < 1.29 is 9.72 Å². The van der Waals surface area contributed by atoms with E-state index in [1.807, 2.05) is 0 Å². The molecule has 25 heavy (non-hydrogen) atoms. The average Bonchev–Trinajstić information content (AvgIpc) is 3.01. The van der Waals surface area contributed by atoms with Gasteiger partial charge >= 0.3 is 0 Å². The summed E-state index contributed by atoms with van der Waals surface area (Å²) in [6, 6.07) is 9.87. The highest BCUT2D eigenvalue weighted by molar-refractivity contribution is 7.99. The first-order valence-corrected chi connectivity index (χ1v) is 9.35. The number of nitro benzene ring substituents is 1. The summed E-state index contributed by atoms with van der Waals surface area (Å²) in [5, 5.41) is 12.1. The van der Waals surface area contributed by atoms with Crippen molar-refractivity contribution in [1.29, 1.82) is 0 Å². The quantitative estimate of drug-likeness (QED) is 0.406. The van der Waals surface area contributed by atoms with Crippen LogP contribution in [-0.2, 0) is 11.2 Å². The summed E-state index contributed by atoms with van der Waals surface area (Å²) in [4.78, 5) is 25.5. The molecular formula is C17H14Cl2N2O3S. The third-order valence-electron chi connectivity index (χ3n) is 3.94. The van der Waals surface area contributed by atoms with Crippen LogP contribution in [0.25, 0.3) is 0 Å². The van der Waals surface area contributed by atoms with Crippen molar-refractivity contribution in [1.82, 2.24) is 0 Å². The topological polar surface area (TPSA) is 63.5 Å². The molecule has 5 nitrogen and oxygen atoms in total. The van der Waals surface area contributed by atoms with Gasteiger partial charge in [-0.25, -0.2) is 0 Å². The van der Waals surface area contributed by atoms with Gasteiger partial charge in [0.1, 0.15) is 0 Å². The van der Waals surface area contributed by atoms with Crippen molar-refractivity contribution >= 4 is 52.2 Å². The lowest BCUT2D eigenvalue weighted by atomic mass is 10.1. The standard InChI is InChI=1S/C17H14Cl2N2O3S/c18-12-1-3-14(19)16(10-12)25-8-6-17(22)20-7-5-11-9-13(21(23)24)2-4-15(11)20/h1-4,9-10H,5-8H2. The van der Waals surface area contributed by atoms with E-state index in [1.165, 1.54) is 17.8 Å². The molecule has 0 aliphatic carbocycles. The third-order valence-corrected chi connectivity index (χ3v) is 5.67. The highest BCUT2D eigenvalue weighted by atomic mass is 35.5. The van der Waals surface area contributed by atoms with E-state index in [0.717, 1.165) is 16.1 Å². The van der Waals surface area contributed by atoms with Gasteiger partial charge in [0.2, 0.25) is 5.91 Å². The predicted octanol–water partition coefficient (Wildman–Crippen LogP) is 4.97. The molecule has 0 N–H and O–H groups in total. The number of anilines is 1. The van der Waals surface area contributed by atoms with Crippen LogP contribution in [0, 0.1) is 10.1 Å². The Morgan fingerprint density at radius 2 is 2.04 bits per heavy atom. The Hall–Kier alpha value is -1.76. The lowest BCUT2D eigenvalue weighted by molar-refractivity contribution is -0.384. The van der Waals surface area contributed by atoms with Crippen LogP contribution in [0.4, 0.5) is 11.4 Å². The maximum absolute atomic E-state index is 12.5. The Morgan fingerprint density at radius 1 is 1.24 bits per heavy atom. The van der Waals surface area contributed by atoms with E-state index in [2.05, 4.69) is 0 Å². The molecule has 0 saturated heterocycles. The van der Waals surface area contributed by atoms with Gasteiger partial charge in [-0.15, -0.1) is 11.8 Å². The number of non-ortho nitro benzene ring substituents is 1. The molecule has 1 heterocycles. The fourth-order valence-electron chi connectivity index (χ4n) is 2.73. The molecule has 0 aromatic heterocycles. The van der Waals surface area contributed by atoms with Gasteiger partial charge in [-0.1, -0.05) is 23.2 Å². The first-order valence-electron chi connectivity index (χ1n) is 7.61. The fraction of sp³-hybridized carbons (Fsp3) is 0.235. The highest BCUT2D eigenvalue weighted by Crippen LogP contribution is 2.33. The van der Waals surface area contributed by atoms with Crippen LogP contribution in [0.5, 0.6) is 0 Å². The molecule has 0 radical (unpaired) electrons. The van der Waals surface area contributed by atoms with Crippen molar-refractivity contribution in [2.24, 2.45) is 0 Å². The second-order valence-corrected chi connectivity index (χ2v) is 7.52. The van der Waals surface area contributed by atoms with Gasteiger partial charge in [0.15, 0.2) is 0 Å². The number of benzene rings is 2. The zero-order valence-corrected chi connectivity index (χ0v) is 15.4. The minimum absolute atomic E-state index is 0.00162. The molecule has 3 rings (SSSR count). The zero-order valence-electron chi connectivity index (χ0n) is 13.1. The first kappa shape index (κ1) is 18.0. The Bertz CT molecular complexity index is 845. The zero-order chi connectivity index (χ0) is 18.0. The van der Waals surface area contributed by atoms with Crippen LogP contribution < -0.4 is 4.90 Å². The van der Waals surface area contributed by atoms with Crippen LogP contribution >= 0.6 is 35.0 Å². The van der Waals surface area contributed by atoms with Crippen molar-refractivity contribution in [3.63, 3.8) is 0 Å². The number of amides is 1. The van der Waals surface area contributed by atoms with Gasteiger partial charge in [0, 0.05) is 46.5 Å². The maximum Gasteiger partial charge on any atom is 0.269 e. The molecular weight excluding hydrogens is 383 g/mol. The van der Waals surface area contributed by atoms with Crippen LogP contribution in [0.1, 0.15) is 12.0 Å². The van der Waals surface area contributed by atoms with E-state index in [1.54, 1.807) is 35.2 Å². The van der Waals surface area contributed by atoms with Crippen LogP contribution in [0.3, 0.4) is 0 Å². The monoisotopic (exact) mass is 396 g/mol. The van der Waals surface area contributed by atoms with Crippen LogP contribution in [0.2, 0.25) is 10.0 Å². The summed E-state index contributed by atoms with van der Waals surface area (Å²) in [7, 11) is 0. The van der Waals surface area contributed by atoms with Crippen LogP contribution in [-0.4, -0.2) is 23.1 Å². The molecule has 2 aromatic rings. The summed E-state index contributed by atoms with van der Waals surface area (Å²) in [5.74, 6) is 0.579. The van der Waals surface area contributed by atoms with Crippen molar-refractivity contribution in [3.05, 3.63) is 62.1 Å². The summed E-state index contributed by atoms with van der Waals surface area (Å²) in [5.41, 5.74) is 1.66. The number of hydrogen-bond acceptors (Lipinski definition) is 4. The molecule has 1 aliphatic heterocycles. The Morgan fingerprint density at radius 3 is 2.80 bits per heavy atom. The molecule has 0 spiro atoms. The van der Waals surface area contributed by atoms with E-state index < -0.39 is 4.92 Å². The Labute approximate surface area is 159 Å². The molecule has 0 unspecified atom stereocenters. The van der Waals surface area contributed by atoms with E-state index >= 15 is 0 Å². The lowest BCUT2D eigenvalue weighted by Gasteiger charge is -2.17. The van der Waals surface area contributed by atoms with E-state index in [9.17, 15) is 14.9 Å². The van der Waals surface area contributed by atoms with Crippen molar-refractivity contribution in [2.45, 2.75) is 17.7 Å². The molecule has 1 aliphatic rings. The average molecular weight is 397 g/mol. The number of rotatable bonds is 5. The smallest absolute Gasteiger partial charge is 0.269 e. The van der Waals surface area contributed by atoms with Gasteiger partial charge in [0.25, 0.3) is 5.69 Å². The second kappa shape index (κ2) is 7.64. The second-order valence-electron chi connectivity index (χ2n) is 5.54. The van der Waals surface area contributed by atoms with E-state index in [-0.39, 0.29) is 11.6 Å². The highest BCUT2D eigenvalue weighted by Gasteiger charge is 2.26. The molecule has 8 heteroatoms. The Balaban J connectivity index is 1.62. The predicted molar refractivity (Wildman–Crippen MR) is 101 cm³/mol. The van der Waals surface area contributed by atoms with Gasteiger partial charge in [-0.2, -0.15) is 0 Å². The van der Waals surface area contributed by atoms with E-state index in [0.29, 0.717) is 35.2 Å². The number of nitrogens with zero attached hydrogens (tertiary/aromatic N) is 2. The lowest BCUT2D eigenvalue weighted by Crippen LogP contribution is -2.29. The number of thioether (sulfide) groups is 1. The number of carbonyl (C=O) groups excluding carboxylic acids is 1. The minimum Gasteiger partial charge on any atom is -0.312 e. The number of hydrogen-bond donors (Lipinski definition) is 0. The minimum atomic E-state index is -0.421. The third kappa shape index (κ3) is 4.08. The van der Waals surface area contributed by atoms with Gasteiger partial charge in [-0.3, -0.25) is 14.9 Å². The molecule has 0 saturated carbocycles. The van der Waals surface area contributed by atoms with Crippen LogP contribution in [0.15, 0.2) is 41.3 Å². The summed E-state index contributed by atoms with van der Waals surface area (Å²) in [6.07, 6.45) is 0.986. The number of nitro groups is 1. The van der Waals surface area contributed by atoms with Crippen molar-refractivity contribution in [3.8, 4) is 0 Å². The number of carbonyl (C=O) groups is 1. The molecule has 0 bridgehead atoms. The molecule has 1 amide bonds. The number of fused-ring (bicyclic) bond motifs is 1. The van der Waals surface area contributed by atoms with E-state index in [4.69, 9.17) is 23.2 Å². The van der Waals surface area contributed by atoms with Crippen molar-refractivity contribution in [2.75, 3.05) is 17.2 Å². The molecule has 0 fully saturated rings. The largest absolute Gasteiger partial charge is 0.312 e. The Kier molecular flexibility index (Phi) is 5.51. The fourth-order valence-corrected chi connectivity index (χ4v) is 4.16. The first-order chi connectivity index (χ1) is 12.0.